The molecule has 9 heteroatoms. The minimum Gasteiger partial charge on any atom is -0.481 e. The van der Waals surface area contributed by atoms with Gasteiger partial charge in [0.05, 0.1) is 10.6 Å². The predicted molar refractivity (Wildman–Crippen MR) is 136 cm³/mol. The molecular weight excluding hydrogens is 470 g/mol. The van der Waals surface area contributed by atoms with Crippen LogP contribution in [0.5, 0.6) is 0 Å². The lowest BCUT2D eigenvalue weighted by molar-refractivity contribution is -0.137. The van der Waals surface area contributed by atoms with E-state index in [-0.39, 0.29) is 18.9 Å². The van der Waals surface area contributed by atoms with Gasteiger partial charge in [-0.15, -0.1) is 0 Å². The van der Waals surface area contributed by atoms with Gasteiger partial charge in [0, 0.05) is 30.1 Å². The van der Waals surface area contributed by atoms with E-state index in [0.29, 0.717) is 32.7 Å². The second kappa shape index (κ2) is 9.28. The van der Waals surface area contributed by atoms with Crippen LogP contribution in [0.3, 0.4) is 0 Å². The van der Waals surface area contributed by atoms with Crippen LogP contribution in [0, 0.1) is 0 Å². The molecule has 5 rings (SSSR count). The molecule has 1 N–H and O–H groups in total. The molecule has 2 aromatic heterocycles. The van der Waals surface area contributed by atoms with Crippen molar-refractivity contribution in [3.05, 3.63) is 77.3 Å². The molecule has 0 unspecified atom stereocenters. The summed E-state index contributed by atoms with van der Waals surface area (Å²) in [5, 5.41) is 14.6. The zero-order chi connectivity index (χ0) is 23.7. The van der Waals surface area contributed by atoms with Crippen LogP contribution in [0.2, 0.25) is 0 Å². The van der Waals surface area contributed by atoms with Crippen molar-refractivity contribution in [3.63, 3.8) is 0 Å². The van der Waals surface area contributed by atoms with Gasteiger partial charge < -0.3 is 9.52 Å². The second-order valence-corrected chi connectivity index (χ2v) is 9.37. The summed E-state index contributed by atoms with van der Waals surface area (Å²) in [7, 11) is 0. The zero-order valence-corrected chi connectivity index (χ0v) is 19.5. The Morgan fingerprint density at radius 2 is 1.91 bits per heavy atom. The molecule has 2 aromatic carbocycles. The molecule has 0 atom stereocenters. The van der Waals surface area contributed by atoms with Crippen molar-refractivity contribution in [2.75, 3.05) is 6.54 Å². The average molecular weight is 490 g/mol. The molecule has 4 aromatic rings. The maximum atomic E-state index is 13.0. The summed E-state index contributed by atoms with van der Waals surface area (Å²) in [6.45, 7) is 0.272. The van der Waals surface area contributed by atoms with Crippen LogP contribution in [0.15, 0.2) is 76.2 Å². The Morgan fingerprint density at radius 3 is 2.68 bits per heavy atom. The number of furan rings is 1. The van der Waals surface area contributed by atoms with Crippen molar-refractivity contribution in [2.24, 2.45) is 0 Å². The van der Waals surface area contributed by atoms with Crippen LogP contribution in [0.4, 0.5) is 0 Å². The van der Waals surface area contributed by atoms with Gasteiger partial charge >= 0.3 is 5.97 Å². The lowest BCUT2D eigenvalue weighted by Crippen LogP contribution is -2.29. The summed E-state index contributed by atoms with van der Waals surface area (Å²) in [6.07, 6.45) is 3.95. The van der Waals surface area contributed by atoms with E-state index >= 15 is 0 Å². The van der Waals surface area contributed by atoms with Gasteiger partial charge in [-0.3, -0.25) is 14.5 Å². The Labute approximate surface area is 204 Å². The van der Waals surface area contributed by atoms with E-state index in [1.165, 1.54) is 16.7 Å². The summed E-state index contributed by atoms with van der Waals surface area (Å²) in [6, 6.07) is 19.3. The standard InChI is InChI=1S/C25H19N3O4S2/c29-22(30)11-6-12-27-24(31)21(34-25(27)33)14-17-15-28(18-8-2-1-3-9-18)26-23(17)20-13-16-7-4-5-10-19(16)32-20/h1-5,7-10,13-15H,6,11-12H2,(H,29,30)/b21-14-. The number of carboxylic acid groups (broad SMARTS) is 1. The van der Waals surface area contributed by atoms with Crippen LogP contribution in [0.1, 0.15) is 18.4 Å². The summed E-state index contributed by atoms with van der Waals surface area (Å²) in [5.74, 6) is -0.535. The van der Waals surface area contributed by atoms with Crippen LogP contribution in [-0.2, 0) is 9.59 Å². The molecule has 3 heterocycles. The predicted octanol–water partition coefficient (Wildman–Crippen LogP) is 5.35. The van der Waals surface area contributed by atoms with E-state index in [1.54, 1.807) is 10.8 Å². The molecule has 170 valence electrons. The SMILES string of the molecule is O=C(O)CCCN1C(=O)/C(=C/c2cn(-c3ccccc3)nc2-c2cc3ccccc3o2)SC1=S. The number of carbonyl (C=O) groups is 2. The van der Waals surface area contributed by atoms with E-state index in [2.05, 4.69) is 0 Å². The monoisotopic (exact) mass is 489 g/mol. The van der Waals surface area contributed by atoms with Gasteiger partial charge in [-0.2, -0.15) is 5.10 Å². The molecule has 0 spiro atoms. The Kier molecular flexibility index (Phi) is 6.04. The van der Waals surface area contributed by atoms with Gasteiger partial charge in [-0.05, 0) is 36.8 Å². The van der Waals surface area contributed by atoms with Crippen molar-refractivity contribution >= 4 is 57.2 Å². The highest BCUT2D eigenvalue weighted by molar-refractivity contribution is 8.26. The number of hydrogen-bond acceptors (Lipinski definition) is 6. The van der Waals surface area contributed by atoms with Crippen molar-refractivity contribution < 1.29 is 19.1 Å². The number of para-hydroxylation sites is 2. The third kappa shape index (κ3) is 4.40. The topological polar surface area (TPSA) is 88.6 Å². The van der Waals surface area contributed by atoms with E-state index in [9.17, 15) is 9.59 Å². The highest BCUT2D eigenvalue weighted by Gasteiger charge is 2.32. The number of carbonyl (C=O) groups excluding carboxylic acids is 1. The molecule has 34 heavy (non-hydrogen) atoms. The lowest BCUT2D eigenvalue weighted by atomic mass is 10.1. The first-order valence-corrected chi connectivity index (χ1v) is 11.8. The molecule has 1 aliphatic rings. The number of carboxylic acids is 1. The molecular formula is C25H19N3O4S2. The number of aliphatic carboxylic acids is 1. The van der Waals surface area contributed by atoms with Crippen molar-refractivity contribution in [1.29, 1.82) is 0 Å². The molecule has 7 nitrogen and oxygen atoms in total. The van der Waals surface area contributed by atoms with Gasteiger partial charge in [0.1, 0.15) is 15.6 Å². The fourth-order valence-electron chi connectivity index (χ4n) is 3.72. The van der Waals surface area contributed by atoms with Gasteiger partial charge in [0.2, 0.25) is 0 Å². The number of thiocarbonyl (C=S) groups is 1. The highest BCUT2D eigenvalue weighted by Crippen LogP contribution is 2.36. The molecule has 1 aliphatic heterocycles. The van der Waals surface area contributed by atoms with Gasteiger partial charge in [0.15, 0.2) is 5.76 Å². The number of aromatic nitrogens is 2. The first-order chi connectivity index (χ1) is 16.5. The quantitative estimate of drug-likeness (QED) is 0.276. The molecule has 1 fully saturated rings. The third-order valence-electron chi connectivity index (χ3n) is 5.35. The molecule has 0 radical (unpaired) electrons. The number of thioether (sulfide) groups is 1. The Morgan fingerprint density at radius 1 is 1.15 bits per heavy atom. The number of rotatable bonds is 7. The zero-order valence-electron chi connectivity index (χ0n) is 17.9. The summed E-state index contributed by atoms with van der Waals surface area (Å²) < 4.78 is 8.24. The fourth-order valence-corrected chi connectivity index (χ4v) is 5.02. The number of nitrogens with zero attached hydrogens (tertiary/aromatic N) is 3. The second-order valence-electron chi connectivity index (χ2n) is 7.69. The molecule has 1 saturated heterocycles. The van der Waals surface area contributed by atoms with Gasteiger partial charge in [0.25, 0.3) is 5.91 Å². The maximum Gasteiger partial charge on any atom is 0.303 e. The maximum absolute atomic E-state index is 13.0. The number of hydrogen-bond donors (Lipinski definition) is 1. The molecule has 0 bridgehead atoms. The van der Waals surface area contributed by atoms with Gasteiger partial charge in [-0.1, -0.05) is 60.4 Å². The van der Waals surface area contributed by atoms with Crippen LogP contribution in [0.25, 0.3) is 34.2 Å². The first-order valence-electron chi connectivity index (χ1n) is 10.6. The van der Waals surface area contributed by atoms with Gasteiger partial charge in [-0.25, -0.2) is 4.68 Å². The summed E-state index contributed by atoms with van der Waals surface area (Å²) >= 11 is 6.59. The van der Waals surface area contributed by atoms with E-state index in [4.69, 9.17) is 26.8 Å². The molecule has 0 aliphatic carbocycles. The smallest absolute Gasteiger partial charge is 0.303 e. The van der Waals surface area contributed by atoms with E-state index in [1.807, 2.05) is 66.9 Å². The lowest BCUT2D eigenvalue weighted by Gasteiger charge is -2.13. The fraction of sp³-hybridized carbons (Fsp3) is 0.120. The minimum atomic E-state index is -0.898. The van der Waals surface area contributed by atoms with E-state index < -0.39 is 5.97 Å². The third-order valence-corrected chi connectivity index (χ3v) is 6.73. The Balaban J connectivity index is 1.53. The number of benzene rings is 2. The van der Waals surface area contributed by atoms with Crippen molar-refractivity contribution in [3.8, 4) is 17.1 Å². The Bertz CT molecular complexity index is 1410. The molecule has 1 amide bonds. The summed E-state index contributed by atoms with van der Waals surface area (Å²) in [4.78, 5) is 25.8. The summed E-state index contributed by atoms with van der Waals surface area (Å²) in [5.41, 5.74) is 2.95. The normalized spacial score (nSPS) is 15.1. The minimum absolute atomic E-state index is 0.0177. The Hall–Kier alpha value is -3.69. The van der Waals surface area contributed by atoms with Crippen molar-refractivity contribution in [2.45, 2.75) is 12.8 Å². The molecule has 0 saturated carbocycles. The van der Waals surface area contributed by atoms with Crippen LogP contribution >= 0.6 is 24.0 Å². The number of amides is 1. The number of fused-ring (bicyclic) bond motifs is 1. The average Bonchev–Trinajstić information content (AvgIpc) is 3.51. The largest absolute Gasteiger partial charge is 0.481 e. The van der Waals surface area contributed by atoms with Crippen molar-refractivity contribution in [1.82, 2.24) is 14.7 Å². The van der Waals surface area contributed by atoms with Crippen LogP contribution < -0.4 is 0 Å². The van der Waals surface area contributed by atoms with E-state index in [0.717, 1.165) is 16.7 Å². The van der Waals surface area contributed by atoms with Crippen LogP contribution in [-0.4, -0.2) is 42.5 Å². The highest BCUT2D eigenvalue weighted by atomic mass is 32.2. The first kappa shape index (κ1) is 22.1.